The fourth-order valence-electron chi connectivity index (χ4n) is 1.53. The Morgan fingerprint density at radius 1 is 1.40 bits per heavy atom. The molecule has 0 amide bonds. The van der Waals surface area contributed by atoms with Gasteiger partial charge in [0.1, 0.15) is 6.54 Å². The molecule has 0 fully saturated rings. The third-order valence-corrected chi connectivity index (χ3v) is 2.15. The van der Waals surface area contributed by atoms with E-state index in [1.54, 1.807) is 16.8 Å². The Labute approximate surface area is 92.7 Å². The molecule has 0 saturated carbocycles. The Bertz CT molecular complexity index is 493. The Balaban J connectivity index is 0.00000112. The monoisotopic (exact) mass is 226 g/mol. The summed E-state index contributed by atoms with van der Waals surface area (Å²) in [7, 11) is 0. The van der Waals surface area contributed by atoms with E-state index in [-0.39, 0.29) is 19.0 Å². The topological polar surface area (TPSA) is 68.2 Å². The summed E-state index contributed by atoms with van der Waals surface area (Å²) in [4.78, 5) is 10.5. The van der Waals surface area contributed by atoms with Crippen LogP contribution >= 0.6 is 12.4 Å². The smallest absolute Gasteiger partial charge is 0.323 e. The molecule has 0 unspecified atom stereocenters. The summed E-state index contributed by atoms with van der Waals surface area (Å²) >= 11 is 0. The molecule has 0 aliphatic heterocycles. The number of fused-ring (bicyclic) bond motifs is 1. The minimum absolute atomic E-state index is 0. The zero-order chi connectivity index (χ0) is 10.1. The second kappa shape index (κ2) is 4.23. The number of nitrogens with two attached hydrogens (primary N) is 1. The van der Waals surface area contributed by atoms with Crippen molar-refractivity contribution in [3.05, 3.63) is 30.5 Å². The lowest BCUT2D eigenvalue weighted by Crippen LogP contribution is -2.07. The lowest BCUT2D eigenvalue weighted by Gasteiger charge is -2.01. The summed E-state index contributed by atoms with van der Waals surface area (Å²) in [6, 6.07) is 7.30. The van der Waals surface area contributed by atoms with Crippen molar-refractivity contribution in [3.8, 4) is 0 Å². The van der Waals surface area contributed by atoms with Gasteiger partial charge in [-0.1, -0.05) is 6.07 Å². The zero-order valence-electron chi connectivity index (χ0n) is 7.88. The molecule has 1 aromatic carbocycles. The Kier molecular flexibility index (Phi) is 3.21. The van der Waals surface area contributed by atoms with Crippen LogP contribution in [0.3, 0.4) is 0 Å². The van der Waals surface area contributed by atoms with Crippen LogP contribution < -0.4 is 5.73 Å². The predicted octanol–water partition coefficient (Wildman–Crippen LogP) is 1.73. The molecule has 3 N–H and O–H groups in total. The second-order valence-corrected chi connectivity index (χ2v) is 3.12. The predicted molar refractivity (Wildman–Crippen MR) is 61.2 cm³/mol. The van der Waals surface area contributed by atoms with E-state index >= 15 is 0 Å². The molecule has 0 radical (unpaired) electrons. The molecule has 2 rings (SSSR count). The van der Waals surface area contributed by atoms with Crippen LogP contribution in [0.15, 0.2) is 30.5 Å². The Morgan fingerprint density at radius 3 is 2.80 bits per heavy atom. The molecule has 2 aromatic rings. The summed E-state index contributed by atoms with van der Waals surface area (Å²) < 4.78 is 1.66. The van der Waals surface area contributed by atoms with Crippen LogP contribution in [0.5, 0.6) is 0 Å². The van der Waals surface area contributed by atoms with Crippen molar-refractivity contribution in [3.63, 3.8) is 0 Å². The first-order valence-electron chi connectivity index (χ1n) is 4.23. The van der Waals surface area contributed by atoms with E-state index in [1.165, 1.54) is 0 Å². The van der Waals surface area contributed by atoms with Crippen molar-refractivity contribution < 1.29 is 9.90 Å². The van der Waals surface area contributed by atoms with Crippen LogP contribution in [-0.4, -0.2) is 15.6 Å². The van der Waals surface area contributed by atoms with Crippen LogP contribution in [0.4, 0.5) is 5.69 Å². The van der Waals surface area contributed by atoms with E-state index in [1.807, 2.05) is 18.2 Å². The maximum absolute atomic E-state index is 10.5. The largest absolute Gasteiger partial charge is 0.480 e. The second-order valence-electron chi connectivity index (χ2n) is 3.12. The maximum Gasteiger partial charge on any atom is 0.323 e. The van der Waals surface area contributed by atoms with Crippen molar-refractivity contribution in [2.45, 2.75) is 6.54 Å². The highest BCUT2D eigenvalue weighted by atomic mass is 35.5. The van der Waals surface area contributed by atoms with E-state index in [2.05, 4.69) is 0 Å². The molecule has 15 heavy (non-hydrogen) atoms. The van der Waals surface area contributed by atoms with Crippen LogP contribution in [0.1, 0.15) is 0 Å². The van der Waals surface area contributed by atoms with Gasteiger partial charge in [-0.25, -0.2) is 0 Å². The molecule has 0 bridgehead atoms. The maximum atomic E-state index is 10.5. The lowest BCUT2D eigenvalue weighted by molar-refractivity contribution is -0.137. The molecule has 0 aliphatic carbocycles. The summed E-state index contributed by atoms with van der Waals surface area (Å²) in [5.41, 5.74) is 7.27. The van der Waals surface area contributed by atoms with Crippen molar-refractivity contribution in [2.24, 2.45) is 0 Å². The van der Waals surface area contributed by atoms with Gasteiger partial charge in [0, 0.05) is 17.3 Å². The SMILES string of the molecule is Cl.Nc1cccc2c1ccn2CC(=O)O. The quantitative estimate of drug-likeness (QED) is 0.767. The number of aliphatic carboxylic acids is 1. The number of carbonyl (C=O) groups is 1. The lowest BCUT2D eigenvalue weighted by atomic mass is 10.2. The summed E-state index contributed by atoms with van der Waals surface area (Å²) in [6.07, 6.45) is 1.73. The Morgan fingerprint density at radius 2 is 2.13 bits per heavy atom. The molecule has 1 heterocycles. The first kappa shape index (κ1) is 11.4. The van der Waals surface area contributed by atoms with Gasteiger partial charge in [-0.2, -0.15) is 0 Å². The standard InChI is InChI=1S/C10H10N2O2.ClH/c11-8-2-1-3-9-7(8)4-5-12(9)6-10(13)14;/h1-5H,6,11H2,(H,13,14);1H. The number of carboxylic acids is 1. The van der Waals surface area contributed by atoms with Gasteiger partial charge in [0.05, 0.1) is 5.52 Å². The first-order chi connectivity index (χ1) is 6.68. The molecule has 0 aliphatic rings. The van der Waals surface area contributed by atoms with Crippen molar-refractivity contribution in [1.29, 1.82) is 0 Å². The highest BCUT2D eigenvalue weighted by Crippen LogP contribution is 2.21. The van der Waals surface area contributed by atoms with Crippen molar-refractivity contribution in [1.82, 2.24) is 4.57 Å². The molecular formula is C10H11ClN2O2. The minimum atomic E-state index is -0.857. The van der Waals surface area contributed by atoms with Crippen LogP contribution in [0.25, 0.3) is 10.9 Å². The number of benzene rings is 1. The normalized spacial score (nSPS) is 9.87. The third kappa shape index (κ3) is 2.05. The number of rotatable bonds is 2. The van der Waals surface area contributed by atoms with Gasteiger partial charge in [-0.3, -0.25) is 4.79 Å². The highest BCUT2D eigenvalue weighted by Gasteiger charge is 2.05. The number of nitrogen functional groups attached to an aromatic ring is 1. The van der Waals surface area contributed by atoms with Gasteiger partial charge in [0.15, 0.2) is 0 Å². The van der Waals surface area contributed by atoms with Gasteiger partial charge >= 0.3 is 5.97 Å². The summed E-state index contributed by atoms with van der Waals surface area (Å²) in [5, 5.41) is 9.56. The molecule has 5 heteroatoms. The van der Waals surface area contributed by atoms with E-state index in [0.29, 0.717) is 5.69 Å². The number of aromatic nitrogens is 1. The molecule has 4 nitrogen and oxygen atoms in total. The zero-order valence-corrected chi connectivity index (χ0v) is 8.70. The highest BCUT2D eigenvalue weighted by molar-refractivity contribution is 5.91. The van der Waals surface area contributed by atoms with Crippen LogP contribution in [0.2, 0.25) is 0 Å². The molecule has 80 valence electrons. The molecular weight excluding hydrogens is 216 g/mol. The molecule has 0 saturated heterocycles. The van der Waals surface area contributed by atoms with Gasteiger partial charge < -0.3 is 15.4 Å². The summed E-state index contributed by atoms with van der Waals surface area (Å²) in [5.74, 6) is -0.857. The molecule has 0 spiro atoms. The van der Waals surface area contributed by atoms with E-state index in [9.17, 15) is 4.79 Å². The number of carboxylic acid groups (broad SMARTS) is 1. The van der Waals surface area contributed by atoms with Gasteiger partial charge in [-0.15, -0.1) is 12.4 Å². The number of anilines is 1. The fraction of sp³-hybridized carbons (Fsp3) is 0.100. The summed E-state index contributed by atoms with van der Waals surface area (Å²) in [6.45, 7) is -0.0348. The number of nitrogens with zero attached hydrogens (tertiary/aromatic N) is 1. The van der Waals surface area contributed by atoms with Gasteiger partial charge in [0.2, 0.25) is 0 Å². The minimum Gasteiger partial charge on any atom is -0.480 e. The third-order valence-electron chi connectivity index (χ3n) is 2.15. The fourth-order valence-corrected chi connectivity index (χ4v) is 1.53. The number of hydrogen-bond acceptors (Lipinski definition) is 2. The first-order valence-corrected chi connectivity index (χ1v) is 4.23. The van der Waals surface area contributed by atoms with Crippen LogP contribution in [-0.2, 0) is 11.3 Å². The van der Waals surface area contributed by atoms with E-state index in [4.69, 9.17) is 10.8 Å². The number of hydrogen-bond donors (Lipinski definition) is 2. The molecule has 0 atom stereocenters. The van der Waals surface area contributed by atoms with Crippen molar-refractivity contribution >= 4 is 35.0 Å². The van der Waals surface area contributed by atoms with Crippen LogP contribution in [0, 0.1) is 0 Å². The average Bonchev–Trinajstić information content (AvgIpc) is 2.49. The number of halogens is 1. The molecule has 1 aromatic heterocycles. The van der Waals surface area contributed by atoms with E-state index in [0.717, 1.165) is 10.9 Å². The van der Waals surface area contributed by atoms with Gasteiger partial charge in [-0.05, 0) is 18.2 Å². The van der Waals surface area contributed by atoms with Gasteiger partial charge in [0.25, 0.3) is 0 Å². The Hall–Kier alpha value is -1.68. The average molecular weight is 227 g/mol. The van der Waals surface area contributed by atoms with Crippen molar-refractivity contribution in [2.75, 3.05) is 5.73 Å². The van der Waals surface area contributed by atoms with E-state index < -0.39 is 5.97 Å².